The van der Waals surface area contributed by atoms with Crippen LogP contribution in [0.15, 0.2) is 61.1 Å². The first-order chi connectivity index (χ1) is 15.4. The Bertz CT molecular complexity index is 1250. The van der Waals surface area contributed by atoms with Crippen LogP contribution >= 0.6 is 35.4 Å². The molecule has 0 amide bonds. The summed E-state index contributed by atoms with van der Waals surface area (Å²) in [5, 5.41) is 15.7. The molecule has 0 aliphatic carbocycles. The number of thiocarbonyl (C=S) groups is 1. The quantitative estimate of drug-likeness (QED) is 0.339. The largest absolute Gasteiger partial charge is 0.330 e. The lowest BCUT2D eigenvalue weighted by molar-refractivity contribution is 0.586. The first kappa shape index (κ1) is 22.3. The third-order valence-electron chi connectivity index (χ3n) is 4.82. The summed E-state index contributed by atoms with van der Waals surface area (Å²) in [6.07, 6.45) is 5.13. The number of anilines is 2. The van der Waals surface area contributed by atoms with E-state index in [0.717, 1.165) is 5.69 Å². The predicted octanol–water partition coefficient (Wildman–Crippen LogP) is 5.74. The first-order valence-corrected chi connectivity index (χ1v) is 10.9. The zero-order chi connectivity index (χ0) is 22.7. The molecule has 164 valence electrons. The van der Waals surface area contributed by atoms with Gasteiger partial charge >= 0.3 is 0 Å². The SMILES string of the molecule is Cc1ccccc1Cn1cc(NC(=S)Nc2nn(Cc3c(F)cccc3Cl)cc2Cl)cn1. The molecule has 2 heterocycles. The highest BCUT2D eigenvalue weighted by Gasteiger charge is 2.13. The fraction of sp³-hybridized carbons (Fsp3) is 0.136. The lowest BCUT2D eigenvalue weighted by atomic mass is 10.1. The molecule has 0 atom stereocenters. The standard InChI is InChI=1S/C22H19Cl2FN6S/c1-14-5-2-3-6-15(14)10-30-11-16(9-26-30)27-22(32)28-21-19(24)13-31(29-21)12-17-18(23)7-4-8-20(17)25/h2-9,11,13H,10,12H2,1H3,(H2,27,28,29,32). The van der Waals surface area contributed by atoms with Crippen LogP contribution < -0.4 is 10.6 Å². The summed E-state index contributed by atoms with van der Waals surface area (Å²) in [6, 6.07) is 12.7. The van der Waals surface area contributed by atoms with E-state index in [1.54, 1.807) is 24.5 Å². The number of nitrogens with one attached hydrogen (secondary N) is 2. The lowest BCUT2D eigenvalue weighted by Gasteiger charge is -2.08. The summed E-state index contributed by atoms with van der Waals surface area (Å²) in [7, 11) is 0. The van der Waals surface area contributed by atoms with E-state index in [9.17, 15) is 4.39 Å². The molecule has 0 spiro atoms. The lowest BCUT2D eigenvalue weighted by Crippen LogP contribution is -2.19. The number of aromatic nitrogens is 4. The molecular formula is C22H19Cl2FN6S. The van der Waals surface area contributed by atoms with Gasteiger partial charge in [0.05, 0.1) is 25.0 Å². The molecule has 0 saturated heterocycles. The molecule has 4 aromatic rings. The molecule has 0 radical (unpaired) electrons. The van der Waals surface area contributed by atoms with Crippen molar-refractivity contribution in [3.63, 3.8) is 0 Å². The van der Waals surface area contributed by atoms with Crippen LogP contribution in [-0.2, 0) is 13.1 Å². The van der Waals surface area contributed by atoms with Crippen molar-refractivity contribution in [2.45, 2.75) is 20.0 Å². The summed E-state index contributed by atoms with van der Waals surface area (Å²) in [4.78, 5) is 0. The van der Waals surface area contributed by atoms with Crippen molar-refractivity contribution in [3.8, 4) is 0 Å². The van der Waals surface area contributed by atoms with E-state index >= 15 is 0 Å². The Kier molecular flexibility index (Phi) is 6.74. The minimum Gasteiger partial charge on any atom is -0.330 e. The van der Waals surface area contributed by atoms with Crippen LogP contribution in [0.5, 0.6) is 0 Å². The Hall–Kier alpha value is -2.94. The van der Waals surface area contributed by atoms with Crippen LogP contribution in [0.4, 0.5) is 15.9 Å². The number of rotatable bonds is 6. The Labute approximate surface area is 200 Å². The van der Waals surface area contributed by atoms with E-state index in [2.05, 4.69) is 39.9 Å². The van der Waals surface area contributed by atoms with Gasteiger partial charge in [-0.2, -0.15) is 10.2 Å². The van der Waals surface area contributed by atoms with Crippen molar-refractivity contribution in [1.29, 1.82) is 0 Å². The fourth-order valence-corrected chi connectivity index (χ4v) is 3.79. The van der Waals surface area contributed by atoms with Crippen molar-refractivity contribution in [3.05, 3.63) is 93.6 Å². The van der Waals surface area contributed by atoms with Crippen LogP contribution in [0.2, 0.25) is 10.0 Å². The van der Waals surface area contributed by atoms with Gasteiger partial charge in [0, 0.05) is 23.0 Å². The van der Waals surface area contributed by atoms with Crippen LogP contribution in [0.3, 0.4) is 0 Å². The molecule has 0 fully saturated rings. The average molecular weight is 489 g/mol. The number of hydrogen-bond donors (Lipinski definition) is 2. The van der Waals surface area contributed by atoms with Gasteiger partial charge in [-0.1, -0.05) is 53.5 Å². The van der Waals surface area contributed by atoms with Crippen molar-refractivity contribution in [1.82, 2.24) is 19.6 Å². The molecule has 4 rings (SSSR count). The van der Waals surface area contributed by atoms with Gasteiger partial charge < -0.3 is 10.6 Å². The van der Waals surface area contributed by atoms with Gasteiger partial charge in [-0.3, -0.25) is 9.36 Å². The van der Waals surface area contributed by atoms with E-state index in [1.807, 2.05) is 23.0 Å². The second kappa shape index (κ2) is 9.68. The topological polar surface area (TPSA) is 59.7 Å². The van der Waals surface area contributed by atoms with Crippen LogP contribution in [-0.4, -0.2) is 24.7 Å². The third kappa shape index (κ3) is 5.27. The summed E-state index contributed by atoms with van der Waals surface area (Å²) in [6.45, 7) is 2.86. The maximum absolute atomic E-state index is 14.0. The van der Waals surface area contributed by atoms with E-state index in [-0.39, 0.29) is 6.54 Å². The van der Waals surface area contributed by atoms with E-state index in [1.165, 1.54) is 21.9 Å². The molecule has 0 aliphatic heterocycles. The molecule has 2 N–H and O–H groups in total. The second-order valence-corrected chi connectivity index (χ2v) is 8.38. The number of halogens is 3. The minimum absolute atomic E-state index is 0.138. The maximum Gasteiger partial charge on any atom is 0.176 e. The molecule has 2 aromatic heterocycles. The Morgan fingerprint density at radius 1 is 1.00 bits per heavy atom. The highest BCUT2D eigenvalue weighted by molar-refractivity contribution is 7.80. The number of hydrogen-bond acceptors (Lipinski definition) is 3. The molecule has 0 saturated carbocycles. The number of aryl methyl sites for hydroxylation is 1. The molecule has 0 unspecified atom stereocenters. The first-order valence-electron chi connectivity index (χ1n) is 9.70. The third-order valence-corrected chi connectivity index (χ3v) is 5.65. The smallest absolute Gasteiger partial charge is 0.176 e. The molecule has 0 aliphatic rings. The molecule has 32 heavy (non-hydrogen) atoms. The fourth-order valence-electron chi connectivity index (χ4n) is 3.15. The van der Waals surface area contributed by atoms with Gasteiger partial charge in [-0.15, -0.1) is 0 Å². The molecule has 10 heteroatoms. The molecule has 2 aromatic carbocycles. The summed E-state index contributed by atoms with van der Waals surface area (Å²) in [5.41, 5.74) is 3.46. The Balaban J connectivity index is 1.39. The monoisotopic (exact) mass is 488 g/mol. The minimum atomic E-state index is -0.404. The van der Waals surface area contributed by atoms with E-state index in [4.69, 9.17) is 35.4 Å². The van der Waals surface area contributed by atoms with Gasteiger partial charge in [0.1, 0.15) is 10.8 Å². The molecule has 6 nitrogen and oxygen atoms in total. The zero-order valence-electron chi connectivity index (χ0n) is 17.0. The van der Waals surface area contributed by atoms with Crippen LogP contribution in [0.1, 0.15) is 16.7 Å². The van der Waals surface area contributed by atoms with Gasteiger partial charge in [-0.25, -0.2) is 4.39 Å². The molecular weight excluding hydrogens is 470 g/mol. The normalized spacial score (nSPS) is 10.9. The van der Waals surface area contributed by atoms with Crippen molar-refractivity contribution in [2.75, 3.05) is 10.6 Å². The van der Waals surface area contributed by atoms with Gasteiger partial charge in [0.15, 0.2) is 10.9 Å². The molecule has 0 bridgehead atoms. The predicted molar refractivity (Wildman–Crippen MR) is 130 cm³/mol. The van der Waals surface area contributed by atoms with Gasteiger partial charge in [0.2, 0.25) is 0 Å². The summed E-state index contributed by atoms with van der Waals surface area (Å²) < 4.78 is 17.4. The highest BCUT2D eigenvalue weighted by Crippen LogP contribution is 2.24. The van der Waals surface area contributed by atoms with Crippen molar-refractivity contribution < 1.29 is 4.39 Å². The number of benzene rings is 2. The summed E-state index contributed by atoms with van der Waals surface area (Å²) >= 11 is 17.7. The summed E-state index contributed by atoms with van der Waals surface area (Å²) in [5.74, 6) is -0.0533. The average Bonchev–Trinajstić information content (AvgIpc) is 3.32. The van der Waals surface area contributed by atoms with Crippen LogP contribution in [0.25, 0.3) is 0 Å². The zero-order valence-corrected chi connectivity index (χ0v) is 19.3. The number of nitrogens with zero attached hydrogens (tertiary/aromatic N) is 4. The maximum atomic E-state index is 14.0. The van der Waals surface area contributed by atoms with E-state index in [0.29, 0.717) is 33.1 Å². The Morgan fingerprint density at radius 2 is 1.81 bits per heavy atom. The van der Waals surface area contributed by atoms with Crippen LogP contribution in [0, 0.1) is 12.7 Å². The highest BCUT2D eigenvalue weighted by atomic mass is 35.5. The van der Waals surface area contributed by atoms with Crippen molar-refractivity contribution >= 4 is 52.0 Å². The van der Waals surface area contributed by atoms with Crippen molar-refractivity contribution in [2.24, 2.45) is 0 Å². The Morgan fingerprint density at radius 3 is 2.59 bits per heavy atom. The van der Waals surface area contributed by atoms with Gasteiger partial charge in [-0.05, 0) is 42.4 Å². The van der Waals surface area contributed by atoms with E-state index < -0.39 is 5.82 Å². The van der Waals surface area contributed by atoms with Gasteiger partial charge in [0.25, 0.3) is 0 Å². The second-order valence-electron chi connectivity index (χ2n) is 7.16.